The molecule has 0 radical (unpaired) electrons. The van der Waals surface area contributed by atoms with Crippen LogP contribution >= 0.6 is 0 Å². The van der Waals surface area contributed by atoms with Crippen LogP contribution in [0.1, 0.15) is 23.5 Å². The maximum absolute atomic E-state index is 14.7. The summed E-state index contributed by atoms with van der Waals surface area (Å²) in [6, 6.07) is 7.92. The molecule has 32 heavy (non-hydrogen) atoms. The summed E-state index contributed by atoms with van der Waals surface area (Å²) in [5.74, 6) is -2.58. The quantitative estimate of drug-likeness (QED) is 0.668. The van der Waals surface area contributed by atoms with E-state index < -0.39 is 11.8 Å². The molecular weight excluding hydrogens is 416 g/mol. The molecule has 10 heteroatoms. The predicted octanol–water partition coefficient (Wildman–Crippen LogP) is 2.80. The first-order valence-corrected chi connectivity index (χ1v) is 10.5. The molecule has 2 aliphatic heterocycles. The Morgan fingerprint density at radius 3 is 2.72 bits per heavy atom. The SMILES string of the molecule is COc1nc(N2CC(C#N)C2)cc(-n2ncc3cc(C)c(C4CCNCC4(F)F)cc32)n1. The largest absolute Gasteiger partial charge is 0.467 e. The number of alkyl halides is 2. The van der Waals surface area contributed by atoms with Crippen LogP contribution in [0.2, 0.25) is 0 Å². The Kier molecular flexibility index (Phi) is 4.93. The Balaban J connectivity index is 1.59. The van der Waals surface area contributed by atoms with Crippen molar-refractivity contribution in [2.75, 3.05) is 38.2 Å². The molecule has 0 amide bonds. The van der Waals surface area contributed by atoms with Gasteiger partial charge in [-0.05, 0) is 43.1 Å². The molecular formula is C22H23F2N7O. The molecule has 8 nitrogen and oxygen atoms in total. The average molecular weight is 439 g/mol. The lowest BCUT2D eigenvalue weighted by Crippen LogP contribution is -2.46. The predicted molar refractivity (Wildman–Crippen MR) is 114 cm³/mol. The summed E-state index contributed by atoms with van der Waals surface area (Å²) in [7, 11) is 1.49. The van der Waals surface area contributed by atoms with Crippen molar-refractivity contribution in [2.45, 2.75) is 25.2 Å². The number of nitrogens with one attached hydrogen (secondary N) is 1. The lowest BCUT2D eigenvalue weighted by molar-refractivity contribution is -0.0421. The zero-order valence-electron chi connectivity index (χ0n) is 17.8. The smallest absolute Gasteiger partial charge is 0.320 e. The van der Waals surface area contributed by atoms with Crippen molar-refractivity contribution in [3.63, 3.8) is 0 Å². The number of benzene rings is 1. The van der Waals surface area contributed by atoms with E-state index in [0.717, 1.165) is 10.9 Å². The van der Waals surface area contributed by atoms with Gasteiger partial charge in [-0.3, -0.25) is 0 Å². The van der Waals surface area contributed by atoms with Crippen LogP contribution in [0, 0.1) is 24.2 Å². The molecule has 5 rings (SSSR count). The van der Waals surface area contributed by atoms with Gasteiger partial charge in [-0.15, -0.1) is 0 Å². The van der Waals surface area contributed by atoms with Gasteiger partial charge in [0.15, 0.2) is 5.82 Å². The first kappa shape index (κ1) is 20.6. The zero-order valence-corrected chi connectivity index (χ0v) is 17.8. The highest BCUT2D eigenvalue weighted by molar-refractivity contribution is 5.82. The van der Waals surface area contributed by atoms with E-state index in [1.165, 1.54) is 7.11 Å². The van der Waals surface area contributed by atoms with Crippen molar-refractivity contribution in [1.29, 1.82) is 5.26 Å². The Morgan fingerprint density at radius 2 is 2.00 bits per heavy atom. The molecule has 4 heterocycles. The molecule has 0 aliphatic carbocycles. The number of rotatable bonds is 4. The Morgan fingerprint density at radius 1 is 1.22 bits per heavy atom. The molecule has 1 aromatic carbocycles. The van der Waals surface area contributed by atoms with Gasteiger partial charge in [-0.2, -0.15) is 20.3 Å². The fourth-order valence-corrected chi connectivity index (χ4v) is 4.49. The van der Waals surface area contributed by atoms with Gasteiger partial charge in [0.05, 0.1) is 43.3 Å². The fourth-order valence-electron chi connectivity index (χ4n) is 4.49. The molecule has 2 aliphatic rings. The van der Waals surface area contributed by atoms with Gasteiger partial charge in [0.2, 0.25) is 0 Å². The number of ether oxygens (including phenoxy) is 1. The van der Waals surface area contributed by atoms with Gasteiger partial charge in [-0.25, -0.2) is 13.5 Å². The number of nitrogens with zero attached hydrogens (tertiary/aromatic N) is 6. The monoisotopic (exact) mass is 439 g/mol. The van der Waals surface area contributed by atoms with Crippen molar-refractivity contribution in [3.8, 4) is 17.9 Å². The highest BCUT2D eigenvalue weighted by Gasteiger charge is 2.43. The number of anilines is 1. The molecule has 2 saturated heterocycles. The average Bonchev–Trinajstić information content (AvgIpc) is 3.14. The Labute approximate surface area is 183 Å². The minimum atomic E-state index is -2.82. The lowest BCUT2D eigenvalue weighted by atomic mass is 9.84. The third-order valence-electron chi connectivity index (χ3n) is 6.28. The summed E-state index contributed by atoms with van der Waals surface area (Å²) >= 11 is 0. The number of hydrogen-bond acceptors (Lipinski definition) is 7. The third kappa shape index (κ3) is 3.42. The normalized spacial score (nSPS) is 20.7. The highest BCUT2D eigenvalue weighted by atomic mass is 19.3. The van der Waals surface area contributed by atoms with Crippen molar-refractivity contribution < 1.29 is 13.5 Å². The number of piperidine rings is 1. The van der Waals surface area contributed by atoms with Crippen molar-refractivity contribution in [1.82, 2.24) is 25.1 Å². The summed E-state index contributed by atoms with van der Waals surface area (Å²) in [5.41, 5.74) is 2.16. The van der Waals surface area contributed by atoms with Gasteiger partial charge >= 0.3 is 6.01 Å². The number of methoxy groups -OCH3 is 1. The number of hydrogen-bond donors (Lipinski definition) is 1. The molecule has 1 unspecified atom stereocenters. The van der Waals surface area contributed by atoms with E-state index >= 15 is 0 Å². The standard InChI is InChI=1S/C22H23F2N7O/c1-13-5-15-9-27-31(18(15)6-16(13)17-3-4-26-12-22(17,23)24)20-7-19(28-21(29-20)32-2)30-10-14(8-25)11-30/h5-7,9,14,17,26H,3-4,10-12H2,1-2H3. The topological polar surface area (TPSA) is 91.9 Å². The van der Waals surface area contributed by atoms with Gasteiger partial charge in [0, 0.05) is 24.5 Å². The van der Waals surface area contributed by atoms with Gasteiger partial charge in [0.1, 0.15) is 5.82 Å². The molecule has 0 spiro atoms. The van der Waals surface area contributed by atoms with E-state index in [9.17, 15) is 8.78 Å². The molecule has 0 bridgehead atoms. The number of nitriles is 1. The van der Waals surface area contributed by atoms with Crippen molar-refractivity contribution in [2.24, 2.45) is 5.92 Å². The van der Waals surface area contributed by atoms with Crippen molar-refractivity contribution in [3.05, 3.63) is 35.5 Å². The van der Waals surface area contributed by atoms with Gasteiger partial charge in [-0.1, -0.05) is 0 Å². The summed E-state index contributed by atoms with van der Waals surface area (Å²) in [5, 5.41) is 17.2. The summed E-state index contributed by atoms with van der Waals surface area (Å²) < 4.78 is 36.3. The van der Waals surface area contributed by atoms with E-state index in [0.29, 0.717) is 48.8 Å². The van der Waals surface area contributed by atoms with E-state index in [1.807, 2.05) is 24.0 Å². The van der Waals surface area contributed by atoms with Crippen LogP contribution in [0.5, 0.6) is 6.01 Å². The van der Waals surface area contributed by atoms with E-state index in [4.69, 9.17) is 10.00 Å². The van der Waals surface area contributed by atoms with E-state index in [2.05, 4.69) is 26.5 Å². The maximum Gasteiger partial charge on any atom is 0.320 e. The second kappa shape index (κ2) is 7.67. The van der Waals surface area contributed by atoms with Crippen LogP contribution in [0.4, 0.5) is 14.6 Å². The molecule has 2 aromatic heterocycles. The molecule has 3 aromatic rings. The first-order chi connectivity index (χ1) is 15.4. The first-order valence-electron chi connectivity index (χ1n) is 10.5. The molecule has 1 atom stereocenters. The lowest BCUT2D eigenvalue weighted by Gasteiger charge is -2.36. The minimum Gasteiger partial charge on any atom is -0.467 e. The molecule has 166 valence electrons. The molecule has 2 fully saturated rings. The van der Waals surface area contributed by atoms with Crippen LogP contribution in [0.25, 0.3) is 16.7 Å². The second-order valence-corrected chi connectivity index (χ2v) is 8.41. The van der Waals surface area contributed by atoms with Crippen LogP contribution in [-0.4, -0.2) is 59.0 Å². The Bertz CT molecular complexity index is 1210. The highest BCUT2D eigenvalue weighted by Crippen LogP contribution is 2.40. The number of aryl methyl sites for hydroxylation is 1. The summed E-state index contributed by atoms with van der Waals surface area (Å²) in [6.45, 7) is 3.28. The number of aromatic nitrogens is 4. The number of halogens is 2. The van der Waals surface area contributed by atoms with Gasteiger partial charge in [0.25, 0.3) is 5.92 Å². The van der Waals surface area contributed by atoms with Crippen molar-refractivity contribution >= 4 is 16.7 Å². The second-order valence-electron chi connectivity index (χ2n) is 8.41. The van der Waals surface area contributed by atoms with E-state index in [-0.39, 0.29) is 18.5 Å². The van der Waals surface area contributed by atoms with E-state index in [1.54, 1.807) is 16.9 Å². The number of fused-ring (bicyclic) bond motifs is 1. The van der Waals surface area contributed by atoms with Crippen LogP contribution in [0.15, 0.2) is 24.4 Å². The zero-order chi connectivity index (χ0) is 22.5. The fraction of sp³-hybridized carbons (Fsp3) is 0.455. The van der Waals surface area contributed by atoms with Crippen LogP contribution < -0.4 is 15.0 Å². The Hall–Kier alpha value is -3.32. The van der Waals surface area contributed by atoms with Crippen LogP contribution in [0.3, 0.4) is 0 Å². The third-order valence-corrected chi connectivity index (χ3v) is 6.28. The van der Waals surface area contributed by atoms with Gasteiger partial charge < -0.3 is 15.0 Å². The van der Waals surface area contributed by atoms with Crippen LogP contribution in [-0.2, 0) is 0 Å². The summed E-state index contributed by atoms with van der Waals surface area (Å²) in [4.78, 5) is 10.8. The minimum absolute atomic E-state index is 0.0258. The molecule has 1 N–H and O–H groups in total. The maximum atomic E-state index is 14.7. The summed E-state index contributed by atoms with van der Waals surface area (Å²) in [6.07, 6.45) is 2.07. The molecule has 0 saturated carbocycles.